The normalized spacial score (nSPS) is 14.1. The standard InChI is InChI=1S/C16H18N4O2/c1-11-17-14(10-15(18-11)20-8-2-3-9-20)19-13-6-4-12(5-7-13)16(21)22/h4-7,10H,2-3,8-9H2,1H3,(H,21,22)(H,17,18,19). The van der Waals surface area contributed by atoms with Crippen molar-refractivity contribution in [3.8, 4) is 0 Å². The summed E-state index contributed by atoms with van der Waals surface area (Å²) in [4.78, 5) is 22.0. The van der Waals surface area contributed by atoms with Gasteiger partial charge in [0.1, 0.15) is 17.5 Å². The van der Waals surface area contributed by atoms with Crippen LogP contribution in [0.15, 0.2) is 30.3 Å². The van der Waals surface area contributed by atoms with Gasteiger partial charge in [-0.3, -0.25) is 0 Å². The van der Waals surface area contributed by atoms with Gasteiger partial charge < -0.3 is 15.3 Å². The van der Waals surface area contributed by atoms with Crippen LogP contribution in [0.4, 0.5) is 17.3 Å². The zero-order chi connectivity index (χ0) is 15.5. The van der Waals surface area contributed by atoms with Crippen LogP contribution < -0.4 is 10.2 Å². The first kappa shape index (κ1) is 14.3. The minimum Gasteiger partial charge on any atom is -0.478 e. The highest BCUT2D eigenvalue weighted by atomic mass is 16.4. The Morgan fingerprint density at radius 2 is 1.86 bits per heavy atom. The molecule has 1 aliphatic heterocycles. The number of nitrogens with one attached hydrogen (secondary N) is 1. The Morgan fingerprint density at radius 3 is 2.50 bits per heavy atom. The first-order chi connectivity index (χ1) is 10.6. The van der Waals surface area contributed by atoms with Crippen LogP contribution in [0.25, 0.3) is 0 Å². The predicted octanol–water partition coefficient (Wildman–Crippen LogP) is 2.83. The highest BCUT2D eigenvalue weighted by molar-refractivity contribution is 5.88. The number of aryl methyl sites for hydroxylation is 1. The molecule has 0 atom stereocenters. The number of aromatic nitrogens is 2. The predicted molar refractivity (Wildman–Crippen MR) is 84.9 cm³/mol. The summed E-state index contributed by atoms with van der Waals surface area (Å²) in [6, 6.07) is 8.54. The summed E-state index contributed by atoms with van der Waals surface area (Å²) in [5.41, 5.74) is 1.07. The van der Waals surface area contributed by atoms with Crippen LogP contribution in [0.2, 0.25) is 0 Å². The van der Waals surface area contributed by atoms with E-state index in [2.05, 4.69) is 20.2 Å². The van der Waals surface area contributed by atoms with E-state index >= 15 is 0 Å². The Kier molecular flexibility index (Phi) is 3.91. The molecule has 0 aliphatic carbocycles. The van der Waals surface area contributed by atoms with E-state index in [-0.39, 0.29) is 5.56 Å². The first-order valence-corrected chi connectivity index (χ1v) is 7.33. The lowest BCUT2D eigenvalue weighted by Gasteiger charge is -2.17. The van der Waals surface area contributed by atoms with Gasteiger partial charge in [0, 0.05) is 24.8 Å². The van der Waals surface area contributed by atoms with E-state index in [9.17, 15) is 4.79 Å². The van der Waals surface area contributed by atoms with Gasteiger partial charge in [-0.1, -0.05) is 0 Å². The quantitative estimate of drug-likeness (QED) is 0.903. The molecule has 6 heteroatoms. The van der Waals surface area contributed by atoms with Gasteiger partial charge in [0.15, 0.2) is 0 Å². The van der Waals surface area contributed by atoms with Gasteiger partial charge in [0.05, 0.1) is 5.56 Å². The monoisotopic (exact) mass is 298 g/mol. The topological polar surface area (TPSA) is 78.3 Å². The lowest BCUT2D eigenvalue weighted by atomic mass is 10.2. The average Bonchev–Trinajstić information content (AvgIpc) is 3.01. The van der Waals surface area contributed by atoms with Gasteiger partial charge in [-0.2, -0.15) is 0 Å². The van der Waals surface area contributed by atoms with E-state index in [4.69, 9.17) is 5.11 Å². The Labute approximate surface area is 128 Å². The molecule has 0 spiro atoms. The molecule has 2 aromatic rings. The van der Waals surface area contributed by atoms with Gasteiger partial charge in [0.2, 0.25) is 0 Å². The molecule has 1 aromatic heterocycles. The third-order valence-corrected chi connectivity index (χ3v) is 3.66. The molecule has 2 heterocycles. The van der Waals surface area contributed by atoms with E-state index in [1.165, 1.54) is 12.8 Å². The molecule has 1 fully saturated rings. The second-order valence-electron chi connectivity index (χ2n) is 5.36. The molecule has 22 heavy (non-hydrogen) atoms. The van der Waals surface area contributed by atoms with Gasteiger partial charge in [-0.15, -0.1) is 0 Å². The SMILES string of the molecule is Cc1nc(Nc2ccc(C(=O)O)cc2)cc(N2CCCC2)n1. The second-order valence-corrected chi connectivity index (χ2v) is 5.36. The lowest BCUT2D eigenvalue weighted by molar-refractivity contribution is 0.0697. The number of rotatable bonds is 4. The van der Waals surface area contributed by atoms with Crippen molar-refractivity contribution in [2.24, 2.45) is 0 Å². The highest BCUT2D eigenvalue weighted by Crippen LogP contribution is 2.23. The Balaban J connectivity index is 1.80. The maximum atomic E-state index is 10.9. The van der Waals surface area contributed by atoms with Gasteiger partial charge in [-0.05, 0) is 44.0 Å². The molecule has 2 N–H and O–H groups in total. The molecule has 0 saturated carbocycles. The largest absolute Gasteiger partial charge is 0.478 e. The molecule has 1 aliphatic rings. The smallest absolute Gasteiger partial charge is 0.335 e. The molecule has 0 bridgehead atoms. The molecule has 0 radical (unpaired) electrons. The van der Waals surface area contributed by atoms with Gasteiger partial charge in [-0.25, -0.2) is 14.8 Å². The third kappa shape index (κ3) is 3.16. The molecule has 0 amide bonds. The maximum Gasteiger partial charge on any atom is 0.335 e. The molecule has 6 nitrogen and oxygen atoms in total. The molecule has 114 valence electrons. The molecule has 1 aromatic carbocycles. The van der Waals surface area contributed by atoms with Crippen LogP contribution >= 0.6 is 0 Å². The van der Waals surface area contributed by atoms with Crippen molar-refractivity contribution in [3.63, 3.8) is 0 Å². The van der Waals surface area contributed by atoms with E-state index in [1.807, 2.05) is 13.0 Å². The fraction of sp³-hybridized carbons (Fsp3) is 0.312. The Bertz CT molecular complexity index is 679. The number of anilines is 3. The van der Waals surface area contributed by atoms with Crippen LogP contribution in [0, 0.1) is 6.92 Å². The fourth-order valence-electron chi connectivity index (χ4n) is 2.57. The molecule has 3 rings (SSSR count). The minimum atomic E-state index is -0.930. The van der Waals surface area contributed by atoms with Crippen LogP contribution in [0.1, 0.15) is 29.0 Å². The van der Waals surface area contributed by atoms with Crippen LogP contribution in [-0.4, -0.2) is 34.1 Å². The summed E-state index contributed by atoms with van der Waals surface area (Å²) >= 11 is 0. The van der Waals surface area contributed by atoms with Crippen molar-refractivity contribution in [2.75, 3.05) is 23.3 Å². The number of aromatic carboxylic acids is 1. The van der Waals surface area contributed by atoms with E-state index in [0.717, 1.165) is 30.4 Å². The Hall–Kier alpha value is -2.63. The molecular formula is C16H18N4O2. The summed E-state index contributed by atoms with van der Waals surface area (Å²) in [6.07, 6.45) is 2.39. The summed E-state index contributed by atoms with van der Waals surface area (Å²) in [5, 5.41) is 12.1. The fourth-order valence-corrected chi connectivity index (χ4v) is 2.57. The Morgan fingerprint density at radius 1 is 1.18 bits per heavy atom. The molecule has 0 unspecified atom stereocenters. The van der Waals surface area contributed by atoms with Crippen LogP contribution in [0.3, 0.4) is 0 Å². The minimum absolute atomic E-state index is 0.266. The van der Waals surface area contributed by atoms with Crippen molar-refractivity contribution in [2.45, 2.75) is 19.8 Å². The maximum absolute atomic E-state index is 10.9. The summed E-state index contributed by atoms with van der Waals surface area (Å²) in [6.45, 7) is 3.94. The van der Waals surface area contributed by atoms with Crippen molar-refractivity contribution in [1.82, 2.24) is 9.97 Å². The third-order valence-electron chi connectivity index (χ3n) is 3.66. The van der Waals surface area contributed by atoms with Crippen molar-refractivity contribution >= 4 is 23.3 Å². The summed E-state index contributed by atoms with van der Waals surface area (Å²) < 4.78 is 0. The first-order valence-electron chi connectivity index (χ1n) is 7.33. The van der Waals surface area contributed by atoms with E-state index in [1.54, 1.807) is 24.3 Å². The highest BCUT2D eigenvalue weighted by Gasteiger charge is 2.15. The van der Waals surface area contributed by atoms with Gasteiger partial charge in [0.25, 0.3) is 0 Å². The number of carbonyl (C=O) groups is 1. The van der Waals surface area contributed by atoms with Gasteiger partial charge >= 0.3 is 5.97 Å². The number of benzene rings is 1. The van der Waals surface area contributed by atoms with Crippen molar-refractivity contribution in [1.29, 1.82) is 0 Å². The summed E-state index contributed by atoms with van der Waals surface area (Å²) in [5.74, 6) is 1.45. The number of hydrogen-bond donors (Lipinski definition) is 2. The number of hydrogen-bond acceptors (Lipinski definition) is 5. The van der Waals surface area contributed by atoms with E-state index in [0.29, 0.717) is 5.82 Å². The van der Waals surface area contributed by atoms with Crippen LogP contribution in [-0.2, 0) is 0 Å². The van der Waals surface area contributed by atoms with Crippen LogP contribution in [0.5, 0.6) is 0 Å². The molecular weight excluding hydrogens is 280 g/mol. The molecule has 1 saturated heterocycles. The average molecular weight is 298 g/mol. The summed E-state index contributed by atoms with van der Waals surface area (Å²) in [7, 11) is 0. The lowest BCUT2D eigenvalue weighted by Crippen LogP contribution is -2.19. The van der Waals surface area contributed by atoms with E-state index < -0.39 is 5.97 Å². The van der Waals surface area contributed by atoms with Crippen molar-refractivity contribution < 1.29 is 9.90 Å². The second kappa shape index (κ2) is 6.01. The van der Waals surface area contributed by atoms with Crippen molar-refractivity contribution in [3.05, 3.63) is 41.7 Å². The number of carboxylic acids is 1. The zero-order valence-electron chi connectivity index (χ0n) is 12.4. The number of nitrogens with zero attached hydrogens (tertiary/aromatic N) is 3. The number of carboxylic acid groups (broad SMARTS) is 1. The zero-order valence-corrected chi connectivity index (χ0v) is 12.4.